The number of hydrogen-bond acceptors (Lipinski definition) is 2. The van der Waals surface area contributed by atoms with Gasteiger partial charge in [0.05, 0.1) is 6.26 Å². The zero-order valence-electron chi connectivity index (χ0n) is 10.1. The first kappa shape index (κ1) is 13.3. The fourth-order valence-corrected chi connectivity index (χ4v) is 2.47. The first-order valence-electron chi connectivity index (χ1n) is 5.91. The Labute approximate surface area is 114 Å². The Hall–Kier alpha value is -1.13. The Balaban J connectivity index is 2.26. The Bertz CT molecular complexity index is 499. The lowest BCUT2D eigenvalue weighted by Crippen LogP contribution is -2.23. The highest BCUT2D eigenvalue weighted by atomic mass is 79.9. The zero-order valence-corrected chi connectivity index (χ0v) is 11.7. The minimum atomic E-state index is -0.226. The highest BCUT2D eigenvalue weighted by molar-refractivity contribution is 9.10. The Morgan fingerprint density at radius 1 is 1.39 bits per heavy atom. The summed E-state index contributed by atoms with van der Waals surface area (Å²) in [6, 6.07) is 8.56. The minimum Gasteiger partial charge on any atom is -0.469 e. The minimum absolute atomic E-state index is 0.0335. The van der Waals surface area contributed by atoms with Crippen LogP contribution in [0.1, 0.15) is 24.3 Å². The fraction of sp³-hybridized carbons (Fsp3) is 0.286. The van der Waals surface area contributed by atoms with E-state index in [9.17, 15) is 4.39 Å². The van der Waals surface area contributed by atoms with E-state index in [1.54, 1.807) is 18.4 Å². The van der Waals surface area contributed by atoms with Gasteiger partial charge in [0.2, 0.25) is 0 Å². The monoisotopic (exact) mass is 311 g/mol. The van der Waals surface area contributed by atoms with Crippen molar-refractivity contribution < 1.29 is 8.81 Å². The van der Waals surface area contributed by atoms with E-state index in [1.165, 1.54) is 6.07 Å². The number of rotatable bonds is 5. The van der Waals surface area contributed by atoms with Crippen molar-refractivity contribution >= 4 is 15.9 Å². The van der Waals surface area contributed by atoms with Gasteiger partial charge in [-0.3, -0.25) is 0 Å². The predicted octanol–water partition coefficient (Wildman–Crippen LogP) is 4.07. The van der Waals surface area contributed by atoms with E-state index in [-0.39, 0.29) is 11.9 Å². The van der Waals surface area contributed by atoms with Gasteiger partial charge in [0.15, 0.2) is 0 Å². The third-order valence-electron chi connectivity index (χ3n) is 2.77. The Morgan fingerprint density at radius 3 is 2.89 bits per heavy atom. The molecule has 0 fully saturated rings. The molecule has 0 aliphatic heterocycles. The molecule has 0 amide bonds. The molecule has 0 saturated heterocycles. The Morgan fingerprint density at radius 2 is 2.22 bits per heavy atom. The van der Waals surface area contributed by atoms with E-state index < -0.39 is 0 Å². The van der Waals surface area contributed by atoms with Crippen molar-refractivity contribution in [2.75, 3.05) is 6.54 Å². The standard InChI is InChI=1S/C14H15BrFNO/c1-2-17-14(9-11-4-3-7-18-11)12-8-10(16)5-6-13(12)15/h3-8,14,17H,2,9H2,1H3. The number of benzene rings is 1. The van der Waals surface area contributed by atoms with Gasteiger partial charge >= 0.3 is 0 Å². The molecule has 1 unspecified atom stereocenters. The summed E-state index contributed by atoms with van der Waals surface area (Å²) in [5, 5.41) is 3.35. The maximum atomic E-state index is 13.4. The number of furan rings is 1. The molecule has 0 aliphatic carbocycles. The summed E-state index contributed by atoms with van der Waals surface area (Å²) >= 11 is 3.47. The maximum Gasteiger partial charge on any atom is 0.123 e. The third-order valence-corrected chi connectivity index (χ3v) is 3.49. The lowest BCUT2D eigenvalue weighted by atomic mass is 10.0. The SMILES string of the molecule is CCNC(Cc1ccco1)c1cc(F)ccc1Br. The smallest absolute Gasteiger partial charge is 0.123 e. The van der Waals surface area contributed by atoms with Crippen LogP contribution in [0.25, 0.3) is 0 Å². The fourth-order valence-electron chi connectivity index (χ4n) is 1.95. The summed E-state index contributed by atoms with van der Waals surface area (Å²) in [6.07, 6.45) is 2.35. The predicted molar refractivity (Wildman–Crippen MR) is 72.9 cm³/mol. The summed E-state index contributed by atoms with van der Waals surface area (Å²) in [6.45, 7) is 2.84. The first-order valence-corrected chi connectivity index (χ1v) is 6.70. The number of halogens is 2. The van der Waals surface area contributed by atoms with Crippen LogP contribution in [-0.2, 0) is 6.42 Å². The number of hydrogen-bond donors (Lipinski definition) is 1. The maximum absolute atomic E-state index is 13.4. The highest BCUT2D eigenvalue weighted by Crippen LogP contribution is 2.27. The second-order valence-corrected chi connectivity index (χ2v) is 4.91. The van der Waals surface area contributed by atoms with Crippen LogP contribution in [-0.4, -0.2) is 6.54 Å². The molecule has 2 rings (SSSR count). The third kappa shape index (κ3) is 3.21. The van der Waals surface area contributed by atoms with Crippen molar-refractivity contribution in [3.63, 3.8) is 0 Å². The van der Waals surface area contributed by atoms with Crippen LogP contribution < -0.4 is 5.32 Å². The van der Waals surface area contributed by atoms with Gasteiger partial charge < -0.3 is 9.73 Å². The summed E-state index contributed by atoms with van der Waals surface area (Å²) in [5.74, 6) is 0.660. The molecule has 0 spiro atoms. The van der Waals surface area contributed by atoms with Gasteiger partial charge in [-0.15, -0.1) is 0 Å². The molecular weight excluding hydrogens is 297 g/mol. The molecule has 0 radical (unpaired) electrons. The molecule has 0 saturated carbocycles. The van der Waals surface area contributed by atoms with E-state index in [2.05, 4.69) is 21.2 Å². The lowest BCUT2D eigenvalue weighted by molar-refractivity contribution is 0.453. The number of nitrogens with one attached hydrogen (secondary N) is 1. The molecule has 1 aromatic carbocycles. The number of likely N-dealkylation sites (N-methyl/N-ethyl adjacent to an activating group) is 1. The molecule has 4 heteroatoms. The molecule has 0 bridgehead atoms. The molecular formula is C14H15BrFNO. The molecule has 1 N–H and O–H groups in total. The second-order valence-electron chi connectivity index (χ2n) is 4.06. The van der Waals surface area contributed by atoms with Crippen molar-refractivity contribution in [3.05, 3.63) is 58.2 Å². The van der Waals surface area contributed by atoms with E-state index in [0.29, 0.717) is 6.42 Å². The molecule has 1 atom stereocenters. The molecule has 1 heterocycles. The van der Waals surface area contributed by atoms with Crippen molar-refractivity contribution in [2.45, 2.75) is 19.4 Å². The van der Waals surface area contributed by atoms with Gasteiger partial charge in [-0.05, 0) is 42.4 Å². The van der Waals surface area contributed by atoms with E-state index in [1.807, 2.05) is 19.1 Å². The van der Waals surface area contributed by atoms with Crippen molar-refractivity contribution in [2.24, 2.45) is 0 Å². The van der Waals surface area contributed by atoms with Crippen molar-refractivity contribution in [3.8, 4) is 0 Å². The van der Waals surface area contributed by atoms with Gasteiger partial charge in [-0.25, -0.2) is 4.39 Å². The highest BCUT2D eigenvalue weighted by Gasteiger charge is 2.16. The molecule has 0 aliphatic rings. The Kier molecular flexibility index (Phi) is 4.55. The summed E-state index contributed by atoms with van der Waals surface area (Å²) in [7, 11) is 0. The van der Waals surface area contributed by atoms with E-state index >= 15 is 0 Å². The van der Waals surface area contributed by atoms with Crippen LogP contribution in [0, 0.1) is 5.82 Å². The molecule has 2 nitrogen and oxygen atoms in total. The van der Waals surface area contributed by atoms with Crippen LogP contribution in [0.5, 0.6) is 0 Å². The average Bonchev–Trinajstić information content (AvgIpc) is 2.85. The molecule has 96 valence electrons. The van der Waals surface area contributed by atoms with Crippen LogP contribution in [0.3, 0.4) is 0 Å². The van der Waals surface area contributed by atoms with Gasteiger partial charge in [-0.1, -0.05) is 22.9 Å². The van der Waals surface area contributed by atoms with Crippen LogP contribution >= 0.6 is 15.9 Å². The summed E-state index contributed by atoms with van der Waals surface area (Å²) in [4.78, 5) is 0. The van der Waals surface area contributed by atoms with Gasteiger partial charge in [0.1, 0.15) is 11.6 Å². The van der Waals surface area contributed by atoms with Gasteiger partial charge in [0, 0.05) is 16.9 Å². The quantitative estimate of drug-likeness (QED) is 0.900. The van der Waals surface area contributed by atoms with Gasteiger partial charge in [-0.2, -0.15) is 0 Å². The van der Waals surface area contributed by atoms with Crippen LogP contribution in [0.15, 0.2) is 45.5 Å². The van der Waals surface area contributed by atoms with Crippen LogP contribution in [0.4, 0.5) is 4.39 Å². The van der Waals surface area contributed by atoms with Crippen molar-refractivity contribution in [1.29, 1.82) is 0 Å². The van der Waals surface area contributed by atoms with Gasteiger partial charge in [0.25, 0.3) is 0 Å². The summed E-state index contributed by atoms with van der Waals surface area (Å²) in [5.41, 5.74) is 0.910. The largest absolute Gasteiger partial charge is 0.469 e. The molecule has 1 aromatic heterocycles. The van der Waals surface area contributed by atoms with Crippen molar-refractivity contribution in [1.82, 2.24) is 5.32 Å². The summed E-state index contributed by atoms with van der Waals surface area (Å²) < 4.78 is 19.6. The topological polar surface area (TPSA) is 25.2 Å². The zero-order chi connectivity index (χ0) is 13.0. The second kappa shape index (κ2) is 6.16. The van der Waals surface area contributed by atoms with Crippen LogP contribution in [0.2, 0.25) is 0 Å². The normalized spacial score (nSPS) is 12.6. The average molecular weight is 312 g/mol. The molecule has 2 aromatic rings. The van der Waals surface area contributed by atoms with E-state index in [0.717, 1.165) is 22.3 Å². The van der Waals surface area contributed by atoms with E-state index in [4.69, 9.17) is 4.42 Å². The lowest BCUT2D eigenvalue weighted by Gasteiger charge is -2.18. The molecule has 18 heavy (non-hydrogen) atoms. The first-order chi connectivity index (χ1) is 8.70.